The molecule has 0 aliphatic carbocycles. The molecule has 9 heteroatoms. The van der Waals surface area contributed by atoms with Crippen molar-refractivity contribution in [3.05, 3.63) is 52.7 Å². The number of amides is 1. The van der Waals surface area contributed by atoms with E-state index in [0.29, 0.717) is 11.1 Å². The van der Waals surface area contributed by atoms with Gasteiger partial charge in [-0.15, -0.1) is 10.2 Å². The Kier molecular flexibility index (Phi) is 7.55. The minimum atomic E-state index is -0.243. The number of nitrogens with one attached hydrogen (secondary N) is 1. The highest BCUT2D eigenvalue weighted by atomic mass is 35.5. The van der Waals surface area contributed by atoms with E-state index in [1.54, 1.807) is 22.5 Å². The zero-order valence-electron chi connectivity index (χ0n) is 17.7. The van der Waals surface area contributed by atoms with E-state index in [-0.39, 0.29) is 11.9 Å². The van der Waals surface area contributed by atoms with Crippen LogP contribution in [0.4, 0.5) is 0 Å². The van der Waals surface area contributed by atoms with Crippen LogP contribution in [-0.4, -0.2) is 42.3 Å². The first-order valence-electron chi connectivity index (χ1n) is 9.90. The van der Waals surface area contributed by atoms with E-state index >= 15 is 0 Å². The van der Waals surface area contributed by atoms with Gasteiger partial charge in [-0.05, 0) is 49.5 Å². The van der Waals surface area contributed by atoms with Crippen LogP contribution in [0.25, 0.3) is 11.7 Å². The quantitative estimate of drug-likeness (QED) is 0.499. The number of halogens is 1. The van der Waals surface area contributed by atoms with E-state index < -0.39 is 0 Å². The van der Waals surface area contributed by atoms with Crippen molar-refractivity contribution in [3.63, 3.8) is 0 Å². The Morgan fingerprint density at radius 1 is 1.33 bits per heavy atom. The van der Waals surface area contributed by atoms with E-state index in [0.717, 1.165) is 41.4 Å². The van der Waals surface area contributed by atoms with Crippen LogP contribution < -0.4 is 5.32 Å². The van der Waals surface area contributed by atoms with Crippen molar-refractivity contribution >= 4 is 41.0 Å². The van der Waals surface area contributed by atoms with Gasteiger partial charge in [-0.1, -0.05) is 31.5 Å². The van der Waals surface area contributed by atoms with E-state index in [4.69, 9.17) is 11.6 Å². The number of nitrogens with zero attached hydrogens (tertiary/aromatic N) is 5. The maximum absolute atomic E-state index is 12.7. The molecule has 1 unspecified atom stereocenters. The molecule has 0 aromatic carbocycles. The maximum atomic E-state index is 12.7. The Morgan fingerprint density at radius 3 is 2.87 bits per heavy atom. The molecule has 0 radical (unpaired) electrons. The largest absolute Gasteiger partial charge is 0.342 e. The monoisotopic (exact) mass is 446 g/mol. The fourth-order valence-electron chi connectivity index (χ4n) is 3.20. The number of aryl methyl sites for hydroxylation is 1. The van der Waals surface area contributed by atoms with Crippen molar-refractivity contribution in [1.29, 1.82) is 0 Å². The molecule has 1 N–H and O–H groups in total. The van der Waals surface area contributed by atoms with Crippen molar-refractivity contribution in [3.8, 4) is 0 Å². The summed E-state index contributed by atoms with van der Waals surface area (Å²) in [6, 6.07) is 5.49. The van der Waals surface area contributed by atoms with E-state index in [2.05, 4.69) is 34.5 Å². The zero-order valence-corrected chi connectivity index (χ0v) is 19.2. The Hall–Kier alpha value is -2.32. The summed E-state index contributed by atoms with van der Waals surface area (Å²) in [7, 11) is 0. The smallest absolute Gasteiger partial charge is 0.244 e. The number of carbonyl (C=O) groups excluding carboxylic acids is 1. The van der Waals surface area contributed by atoms with Crippen LogP contribution in [-0.2, 0) is 11.3 Å². The molecule has 7 nitrogen and oxygen atoms in total. The summed E-state index contributed by atoms with van der Waals surface area (Å²) in [6.07, 6.45) is 7.93. The first-order valence-corrected chi connectivity index (χ1v) is 11.7. The van der Waals surface area contributed by atoms with Gasteiger partial charge in [-0.2, -0.15) is 16.9 Å². The van der Waals surface area contributed by atoms with Gasteiger partial charge in [0.15, 0.2) is 11.5 Å². The van der Waals surface area contributed by atoms with Gasteiger partial charge in [0, 0.05) is 24.4 Å². The molecule has 0 bridgehead atoms. The van der Waals surface area contributed by atoms with Crippen LogP contribution in [0.2, 0.25) is 5.15 Å². The summed E-state index contributed by atoms with van der Waals surface area (Å²) < 4.78 is 3.69. The fourth-order valence-corrected chi connectivity index (χ4v) is 3.98. The standard InChI is InChI=1S/C21H27ClN6OS/c1-14(2)13-28-20(22)16(15(3)26-28)8-9-19(29)23-17(10-12-30-4)21-25-24-18-7-5-6-11-27(18)21/h5-9,11,14,17H,10,12-13H2,1-4H3,(H,23,29)/b9-8+. The van der Waals surface area contributed by atoms with Crippen LogP contribution >= 0.6 is 23.4 Å². The molecule has 30 heavy (non-hydrogen) atoms. The first-order chi connectivity index (χ1) is 14.4. The van der Waals surface area contributed by atoms with Crippen molar-refractivity contribution in [2.45, 2.75) is 39.8 Å². The van der Waals surface area contributed by atoms with E-state index in [9.17, 15) is 4.79 Å². The summed E-state index contributed by atoms with van der Waals surface area (Å²) in [5, 5.41) is 16.6. The molecule has 0 saturated carbocycles. The van der Waals surface area contributed by atoms with Gasteiger partial charge in [0.25, 0.3) is 0 Å². The Morgan fingerprint density at radius 2 is 2.13 bits per heavy atom. The van der Waals surface area contributed by atoms with Gasteiger partial charge < -0.3 is 5.32 Å². The molecule has 3 aromatic rings. The summed E-state index contributed by atoms with van der Waals surface area (Å²) in [4.78, 5) is 12.7. The molecule has 3 aromatic heterocycles. The third kappa shape index (κ3) is 5.23. The molecule has 1 atom stereocenters. The third-order valence-electron chi connectivity index (χ3n) is 4.63. The van der Waals surface area contributed by atoms with Crippen LogP contribution in [0.5, 0.6) is 0 Å². The van der Waals surface area contributed by atoms with Gasteiger partial charge in [0.05, 0.1) is 11.7 Å². The second kappa shape index (κ2) is 10.1. The molecule has 1 amide bonds. The van der Waals surface area contributed by atoms with Crippen molar-refractivity contribution < 1.29 is 4.79 Å². The lowest BCUT2D eigenvalue weighted by Crippen LogP contribution is -2.29. The number of hydrogen-bond donors (Lipinski definition) is 1. The molecule has 3 heterocycles. The van der Waals surface area contributed by atoms with E-state index in [1.807, 2.05) is 42.0 Å². The number of thioether (sulfide) groups is 1. The number of fused-ring (bicyclic) bond motifs is 1. The fraction of sp³-hybridized carbons (Fsp3) is 0.429. The summed E-state index contributed by atoms with van der Waals surface area (Å²) >= 11 is 8.20. The average molecular weight is 447 g/mol. The molecule has 0 fully saturated rings. The second-order valence-corrected chi connectivity index (χ2v) is 8.87. The van der Waals surface area contributed by atoms with Gasteiger partial charge in [-0.25, -0.2) is 0 Å². The minimum Gasteiger partial charge on any atom is -0.342 e. The van der Waals surface area contributed by atoms with Crippen LogP contribution in [0.1, 0.15) is 43.4 Å². The van der Waals surface area contributed by atoms with E-state index in [1.165, 1.54) is 6.08 Å². The molecule has 3 rings (SSSR count). The lowest BCUT2D eigenvalue weighted by atomic mass is 10.2. The summed E-state index contributed by atoms with van der Waals surface area (Å²) in [6.45, 7) is 6.85. The summed E-state index contributed by atoms with van der Waals surface area (Å²) in [5.74, 6) is 1.84. The van der Waals surface area contributed by atoms with Crippen LogP contribution in [0.3, 0.4) is 0 Å². The second-order valence-electron chi connectivity index (χ2n) is 7.53. The predicted octanol–water partition coefficient (Wildman–Crippen LogP) is 4.17. The van der Waals surface area contributed by atoms with Gasteiger partial charge in [0.1, 0.15) is 5.15 Å². The Balaban J connectivity index is 1.77. The molecule has 0 aliphatic rings. The molecule has 0 aliphatic heterocycles. The number of hydrogen-bond acceptors (Lipinski definition) is 5. The van der Waals surface area contributed by atoms with Crippen LogP contribution in [0.15, 0.2) is 30.5 Å². The number of pyridine rings is 1. The summed E-state index contributed by atoms with van der Waals surface area (Å²) in [5.41, 5.74) is 2.32. The molecule has 0 spiro atoms. The Bertz CT molecular complexity index is 1040. The third-order valence-corrected chi connectivity index (χ3v) is 5.67. The SMILES string of the molecule is CSCCC(NC(=O)/C=C/c1c(C)nn(CC(C)C)c1Cl)c1nnc2ccccn12. The molecule has 160 valence electrons. The number of aromatic nitrogens is 5. The van der Waals surface area contributed by atoms with Gasteiger partial charge in [0.2, 0.25) is 5.91 Å². The highest BCUT2D eigenvalue weighted by molar-refractivity contribution is 7.98. The highest BCUT2D eigenvalue weighted by Crippen LogP contribution is 2.23. The minimum absolute atomic E-state index is 0.208. The van der Waals surface area contributed by atoms with Crippen LogP contribution in [0, 0.1) is 12.8 Å². The zero-order chi connectivity index (χ0) is 21.7. The van der Waals surface area contributed by atoms with Gasteiger partial charge in [-0.3, -0.25) is 13.9 Å². The topological polar surface area (TPSA) is 77.1 Å². The first kappa shape index (κ1) is 22.4. The number of carbonyl (C=O) groups is 1. The lowest BCUT2D eigenvalue weighted by molar-refractivity contribution is -0.117. The molecular weight excluding hydrogens is 420 g/mol. The number of rotatable bonds is 9. The predicted molar refractivity (Wildman–Crippen MR) is 123 cm³/mol. The lowest BCUT2D eigenvalue weighted by Gasteiger charge is -2.16. The molecular formula is C21H27ClN6OS. The van der Waals surface area contributed by atoms with Crippen molar-refractivity contribution in [1.82, 2.24) is 29.7 Å². The maximum Gasteiger partial charge on any atom is 0.244 e. The van der Waals surface area contributed by atoms with Gasteiger partial charge >= 0.3 is 0 Å². The highest BCUT2D eigenvalue weighted by Gasteiger charge is 2.19. The van der Waals surface area contributed by atoms with Crippen molar-refractivity contribution in [2.24, 2.45) is 5.92 Å². The normalized spacial score (nSPS) is 12.9. The average Bonchev–Trinajstić information content (AvgIpc) is 3.24. The molecule has 0 saturated heterocycles. The Labute approximate surface area is 185 Å². The van der Waals surface area contributed by atoms with Crippen molar-refractivity contribution in [2.75, 3.05) is 12.0 Å².